The van der Waals surface area contributed by atoms with Gasteiger partial charge < -0.3 is 10.2 Å². The van der Waals surface area contributed by atoms with E-state index >= 15 is 0 Å². The molecule has 16 heavy (non-hydrogen) atoms. The van der Waals surface area contributed by atoms with Gasteiger partial charge >= 0.3 is 5.88 Å². The minimum Gasteiger partial charge on any atom is -0.404 e. The summed E-state index contributed by atoms with van der Waals surface area (Å²) >= 11 is 0. The molecule has 0 aromatic carbocycles. The first-order valence-electron chi connectivity index (χ1n) is 5.38. The molecule has 1 aliphatic heterocycles. The zero-order valence-corrected chi connectivity index (χ0v) is 8.96. The summed E-state index contributed by atoms with van der Waals surface area (Å²) in [7, 11) is 0. The predicted molar refractivity (Wildman–Crippen MR) is 57.8 cm³/mol. The molecule has 1 aromatic heterocycles. The Hall–Kier alpha value is -1.40. The van der Waals surface area contributed by atoms with Crippen molar-refractivity contribution in [3.05, 3.63) is 28.0 Å². The molecule has 2 rings (SSSR count). The Morgan fingerprint density at radius 3 is 3.06 bits per heavy atom. The second kappa shape index (κ2) is 4.63. The van der Waals surface area contributed by atoms with Gasteiger partial charge in [0, 0.05) is 12.6 Å². The third-order valence-electron chi connectivity index (χ3n) is 2.96. The van der Waals surface area contributed by atoms with Gasteiger partial charge in [-0.1, -0.05) is 0 Å². The molecule has 88 valence electrons. The highest BCUT2D eigenvalue weighted by Gasteiger charge is 2.24. The molecule has 0 bridgehead atoms. The highest BCUT2D eigenvalue weighted by Crippen LogP contribution is 2.22. The van der Waals surface area contributed by atoms with Gasteiger partial charge in [-0.05, 0) is 25.5 Å². The molecule has 0 radical (unpaired) electrons. The van der Waals surface area contributed by atoms with E-state index in [2.05, 4.69) is 4.90 Å². The number of rotatable bonds is 4. The van der Waals surface area contributed by atoms with Crippen molar-refractivity contribution in [2.24, 2.45) is 5.73 Å². The van der Waals surface area contributed by atoms with Crippen molar-refractivity contribution in [3.63, 3.8) is 0 Å². The number of nitro groups is 1. The lowest BCUT2D eigenvalue weighted by Gasteiger charge is -2.21. The number of likely N-dealkylation sites (tertiary alicyclic amines) is 1. The van der Waals surface area contributed by atoms with E-state index in [1.165, 1.54) is 6.07 Å². The van der Waals surface area contributed by atoms with Crippen LogP contribution >= 0.6 is 0 Å². The molecular formula is C10H15N3O3. The second-order valence-electron chi connectivity index (χ2n) is 4.00. The number of hydrogen-bond acceptors (Lipinski definition) is 5. The number of hydrogen-bond donors (Lipinski definition) is 1. The van der Waals surface area contributed by atoms with Crippen molar-refractivity contribution < 1.29 is 9.34 Å². The summed E-state index contributed by atoms with van der Waals surface area (Å²) in [5.74, 6) is 0.436. The Labute approximate surface area is 93.2 Å². The van der Waals surface area contributed by atoms with Crippen molar-refractivity contribution in [2.75, 3.05) is 13.1 Å². The zero-order chi connectivity index (χ0) is 11.5. The molecule has 0 saturated carbocycles. The molecule has 2 N–H and O–H groups in total. The Morgan fingerprint density at radius 2 is 2.44 bits per heavy atom. The number of nitrogens with zero attached hydrogens (tertiary/aromatic N) is 2. The maximum Gasteiger partial charge on any atom is 0.433 e. The molecule has 0 aliphatic carbocycles. The smallest absolute Gasteiger partial charge is 0.404 e. The highest BCUT2D eigenvalue weighted by atomic mass is 16.6. The SMILES string of the molecule is NCC1CCCN1Cc1ccc([N+](=O)[O-])o1. The van der Waals surface area contributed by atoms with Crippen LogP contribution in [0.15, 0.2) is 16.5 Å². The predicted octanol–water partition coefficient (Wildman–Crippen LogP) is 1.11. The molecule has 1 saturated heterocycles. The first-order valence-corrected chi connectivity index (χ1v) is 5.38. The van der Waals surface area contributed by atoms with Crippen LogP contribution in [-0.4, -0.2) is 29.0 Å². The first-order chi connectivity index (χ1) is 7.70. The highest BCUT2D eigenvalue weighted by molar-refractivity contribution is 5.17. The van der Waals surface area contributed by atoms with Crippen LogP contribution in [0.2, 0.25) is 0 Å². The normalized spacial score (nSPS) is 21.4. The van der Waals surface area contributed by atoms with E-state index in [9.17, 15) is 10.1 Å². The van der Waals surface area contributed by atoms with E-state index in [4.69, 9.17) is 10.2 Å². The van der Waals surface area contributed by atoms with Crippen LogP contribution in [0.1, 0.15) is 18.6 Å². The summed E-state index contributed by atoms with van der Waals surface area (Å²) in [5.41, 5.74) is 5.65. The fourth-order valence-electron chi connectivity index (χ4n) is 2.12. The molecule has 1 unspecified atom stereocenters. The molecule has 0 spiro atoms. The van der Waals surface area contributed by atoms with Gasteiger partial charge in [-0.25, -0.2) is 0 Å². The summed E-state index contributed by atoms with van der Waals surface area (Å²) < 4.78 is 5.12. The molecular weight excluding hydrogens is 210 g/mol. The van der Waals surface area contributed by atoms with Gasteiger partial charge in [-0.3, -0.25) is 15.0 Å². The van der Waals surface area contributed by atoms with Crippen molar-refractivity contribution >= 4 is 5.88 Å². The van der Waals surface area contributed by atoms with E-state index < -0.39 is 4.92 Å². The van der Waals surface area contributed by atoms with Crippen LogP contribution in [0.25, 0.3) is 0 Å². The molecule has 1 aliphatic rings. The van der Waals surface area contributed by atoms with E-state index in [0.29, 0.717) is 24.9 Å². The molecule has 6 heteroatoms. The van der Waals surface area contributed by atoms with Crippen molar-refractivity contribution in [2.45, 2.75) is 25.4 Å². The quantitative estimate of drug-likeness (QED) is 0.612. The van der Waals surface area contributed by atoms with Gasteiger partial charge in [0.25, 0.3) is 0 Å². The largest absolute Gasteiger partial charge is 0.433 e. The number of furan rings is 1. The van der Waals surface area contributed by atoms with Gasteiger partial charge in [-0.2, -0.15) is 0 Å². The second-order valence-corrected chi connectivity index (χ2v) is 4.00. The van der Waals surface area contributed by atoms with Crippen LogP contribution in [0.4, 0.5) is 5.88 Å². The van der Waals surface area contributed by atoms with E-state index in [-0.39, 0.29) is 5.88 Å². The standard InChI is InChI=1S/C10H15N3O3/c11-6-8-2-1-5-12(8)7-9-3-4-10(16-9)13(14)15/h3-4,8H,1-2,5-7,11H2. The minimum absolute atomic E-state index is 0.196. The Morgan fingerprint density at radius 1 is 1.62 bits per heavy atom. The third kappa shape index (κ3) is 2.23. The maximum absolute atomic E-state index is 10.5. The lowest BCUT2D eigenvalue weighted by Crippen LogP contribution is -2.34. The van der Waals surface area contributed by atoms with Gasteiger partial charge in [0.15, 0.2) is 0 Å². The monoisotopic (exact) mass is 225 g/mol. The van der Waals surface area contributed by atoms with Gasteiger partial charge in [-0.15, -0.1) is 0 Å². The van der Waals surface area contributed by atoms with Crippen LogP contribution in [0.3, 0.4) is 0 Å². The first kappa shape index (κ1) is 11.1. The van der Waals surface area contributed by atoms with Crippen LogP contribution < -0.4 is 5.73 Å². The lowest BCUT2D eigenvalue weighted by atomic mass is 10.2. The topological polar surface area (TPSA) is 85.5 Å². The van der Waals surface area contributed by atoms with Crippen molar-refractivity contribution in [1.29, 1.82) is 0 Å². The minimum atomic E-state index is -0.520. The molecule has 1 fully saturated rings. The van der Waals surface area contributed by atoms with Gasteiger partial charge in [0.1, 0.15) is 10.7 Å². The van der Waals surface area contributed by atoms with Crippen molar-refractivity contribution in [1.82, 2.24) is 4.90 Å². The van der Waals surface area contributed by atoms with E-state index in [1.807, 2.05) is 0 Å². The lowest BCUT2D eigenvalue weighted by molar-refractivity contribution is -0.402. The fraction of sp³-hybridized carbons (Fsp3) is 0.600. The van der Waals surface area contributed by atoms with Crippen molar-refractivity contribution in [3.8, 4) is 0 Å². The Balaban J connectivity index is 2.00. The molecule has 2 heterocycles. The molecule has 1 atom stereocenters. The van der Waals surface area contributed by atoms with E-state index in [1.54, 1.807) is 6.07 Å². The average Bonchev–Trinajstić information content (AvgIpc) is 2.87. The summed E-state index contributed by atoms with van der Waals surface area (Å²) in [6.07, 6.45) is 2.23. The van der Waals surface area contributed by atoms with Crippen LogP contribution in [-0.2, 0) is 6.54 Å². The van der Waals surface area contributed by atoms with Crippen LogP contribution in [0, 0.1) is 10.1 Å². The summed E-state index contributed by atoms with van der Waals surface area (Å²) in [4.78, 5) is 12.1. The molecule has 1 aromatic rings. The number of nitrogens with two attached hydrogens (primary N) is 1. The third-order valence-corrected chi connectivity index (χ3v) is 2.96. The molecule has 0 amide bonds. The zero-order valence-electron chi connectivity index (χ0n) is 8.96. The van der Waals surface area contributed by atoms with Gasteiger partial charge in [0.2, 0.25) is 0 Å². The van der Waals surface area contributed by atoms with E-state index in [0.717, 1.165) is 19.4 Å². The van der Waals surface area contributed by atoms with Crippen LogP contribution in [0.5, 0.6) is 0 Å². The Bertz CT molecular complexity index is 377. The maximum atomic E-state index is 10.5. The summed E-state index contributed by atoms with van der Waals surface area (Å²) in [6.45, 7) is 2.22. The van der Waals surface area contributed by atoms with Gasteiger partial charge in [0.05, 0.1) is 12.6 Å². The summed E-state index contributed by atoms with van der Waals surface area (Å²) in [6, 6.07) is 3.43. The Kier molecular flexibility index (Phi) is 3.21. The average molecular weight is 225 g/mol. The fourth-order valence-corrected chi connectivity index (χ4v) is 2.12. The summed E-state index contributed by atoms with van der Waals surface area (Å²) in [5, 5.41) is 10.5. The molecule has 6 nitrogen and oxygen atoms in total.